The van der Waals surface area contributed by atoms with Gasteiger partial charge in [0.2, 0.25) is 0 Å². The molecular weight excluding hydrogens is 257 g/mol. The van der Waals surface area contributed by atoms with E-state index in [0.29, 0.717) is 17.9 Å². The molecule has 0 aliphatic heterocycles. The van der Waals surface area contributed by atoms with E-state index in [2.05, 4.69) is 5.10 Å². The molecule has 2 aromatic rings. The van der Waals surface area contributed by atoms with Crippen molar-refractivity contribution in [2.24, 2.45) is 0 Å². The molecule has 3 rings (SSSR count). The molecule has 1 aromatic carbocycles. The van der Waals surface area contributed by atoms with E-state index in [4.69, 9.17) is 10.5 Å². The van der Waals surface area contributed by atoms with Crippen LogP contribution in [0.3, 0.4) is 0 Å². The third kappa shape index (κ3) is 2.13. The molecule has 1 aromatic heterocycles. The Hall–Kier alpha value is -2.04. The lowest BCUT2D eigenvalue weighted by atomic mass is 10.1. The van der Waals surface area contributed by atoms with Gasteiger partial charge in [-0.3, -0.25) is 4.68 Å². The van der Waals surface area contributed by atoms with Crippen molar-refractivity contribution in [1.29, 1.82) is 0 Å². The Balaban J connectivity index is 1.96. The van der Waals surface area contributed by atoms with E-state index in [-0.39, 0.29) is 6.04 Å². The maximum absolute atomic E-state index is 13.8. The van der Waals surface area contributed by atoms with E-state index >= 15 is 0 Å². The first-order chi connectivity index (χ1) is 9.70. The minimum absolute atomic E-state index is 0.143. The quantitative estimate of drug-likeness (QED) is 0.875. The van der Waals surface area contributed by atoms with Gasteiger partial charge in [-0.2, -0.15) is 5.10 Å². The summed E-state index contributed by atoms with van der Waals surface area (Å²) in [7, 11) is 1.59. The first-order valence-electron chi connectivity index (χ1n) is 6.82. The molecule has 106 valence electrons. The summed E-state index contributed by atoms with van der Waals surface area (Å²) in [5, 5.41) is 4.31. The summed E-state index contributed by atoms with van der Waals surface area (Å²) in [5.74, 6) is 0.635. The number of nitrogens with zero attached hydrogens (tertiary/aromatic N) is 2. The number of anilines is 1. The Kier molecular flexibility index (Phi) is 3.34. The zero-order valence-corrected chi connectivity index (χ0v) is 11.4. The summed E-state index contributed by atoms with van der Waals surface area (Å²) in [6.07, 6.45) is 5.20. The van der Waals surface area contributed by atoms with E-state index in [1.165, 1.54) is 0 Å². The fourth-order valence-electron chi connectivity index (χ4n) is 2.86. The molecule has 1 fully saturated rings. The SMILES string of the molecule is COc1c(N)cccc1-c1cnn([C@H]2CCC[C@@H]2F)c1. The van der Waals surface area contributed by atoms with Gasteiger partial charge in [0.1, 0.15) is 11.9 Å². The monoisotopic (exact) mass is 275 g/mol. The third-order valence-corrected chi connectivity index (χ3v) is 3.90. The van der Waals surface area contributed by atoms with Crippen molar-refractivity contribution >= 4 is 5.69 Å². The van der Waals surface area contributed by atoms with Gasteiger partial charge in [-0.15, -0.1) is 0 Å². The summed E-state index contributed by atoms with van der Waals surface area (Å²) in [6, 6.07) is 5.45. The molecule has 0 spiro atoms. The van der Waals surface area contributed by atoms with Crippen LogP contribution in [0.2, 0.25) is 0 Å². The summed E-state index contributed by atoms with van der Waals surface area (Å²) >= 11 is 0. The summed E-state index contributed by atoms with van der Waals surface area (Å²) in [4.78, 5) is 0. The number of nitrogen functional groups attached to an aromatic ring is 1. The van der Waals surface area contributed by atoms with Gasteiger partial charge in [0.15, 0.2) is 0 Å². The van der Waals surface area contributed by atoms with Gasteiger partial charge in [0.05, 0.1) is 25.0 Å². The molecule has 5 heteroatoms. The van der Waals surface area contributed by atoms with Gasteiger partial charge in [0.25, 0.3) is 0 Å². The molecule has 1 aliphatic carbocycles. The van der Waals surface area contributed by atoms with E-state index in [1.54, 1.807) is 24.1 Å². The molecule has 4 nitrogen and oxygen atoms in total. The van der Waals surface area contributed by atoms with Crippen molar-refractivity contribution in [3.05, 3.63) is 30.6 Å². The summed E-state index contributed by atoms with van der Waals surface area (Å²) in [5.41, 5.74) is 8.27. The molecular formula is C15H18FN3O. The molecule has 0 radical (unpaired) electrons. The van der Waals surface area contributed by atoms with Crippen molar-refractivity contribution in [1.82, 2.24) is 9.78 Å². The second-order valence-electron chi connectivity index (χ2n) is 5.15. The Morgan fingerprint density at radius 2 is 2.25 bits per heavy atom. The fraction of sp³-hybridized carbons (Fsp3) is 0.400. The number of benzene rings is 1. The van der Waals surface area contributed by atoms with Crippen LogP contribution in [-0.4, -0.2) is 23.1 Å². The summed E-state index contributed by atoms with van der Waals surface area (Å²) in [6.45, 7) is 0. The third-order valence-electron chi connectivity index (χ3n) is 3.90. The number of hydrogen-bond acceptors (Lipinski definition) is 3. The smallest absolute Gasteiger partial charge is 0.149 e. The van der Waals surface area contributed by atoms with E-state index in [0.717, 1.165) is 24.0 Å². The maximum Gasteiger partial charge on any atom is 0.149 e. The van der Waals surface area contributed by atoms with Crippen LogP contribution in [0.4, 0.5) is 10.1 Å². The van der Waals surface area contributed by atoms with Gasteiger partial charge >= 0.3 is 0 Å². The minimum atomic E-state index is -0.800. The highest BCUT2D eigenvalue weighted by molar-refractivity contribution is 5.76. The predicted molar refractivity (Wildman–Crippen MR) is 76.4 cm³/mol. The highest BCUT2D eigenvalue weighted by Gasteiger charge is 2.29. The standard InChI is InChI=1S/C15H18FN3O/c1-20-15-11(4-2-6-13(15)17)10-8-18-19(9-10)14-7-3-5-12(14)16/h2,4,6,8-9,12,14H,3,5,7,17H2,1H3/t12-,14-/m0/s1. The van der Waals surface area contributed by atoms with Crippen molar-refractivity contribution < 1.29 is 9.13 Å². The average Bonchev–Trinajstić information content (AvgIpc) is 3.06. The fourth-order valence-corrected chi connectivity index (χ4v) is 2.86. The lowest BCUT2D eigenvalue weighted by Crippen LogP contribution is -2.14. The second-order valence-corrected chi connectivity index (χ2v) is 5.15. The molecule has 1 heterocycles. The lowest BCUT2D eigenvalue weighted by molar-refractivity contribution is 0.250. The number of aromatic nitrogens is 2. The van der Waals surface area contributed by atoms with E-state index in [9.17, 15) is 4.39 Å². The minimum Gasteiger partial charge on any atom is -0.494 e. The molecule has 20 heavy (non-hydrogen) atoms. The number of nitrogens with two attached hydrogens (primary N) is 1. The molecule has 2 N–H and O–H groups in total. The van der Waals surface area contributed by atoms with Gasteiger partial charge in [-0.05, 0) is 25.3 Å². The summed E-state index contributed by atoms with van der Waals surface area (Å²) < 4.78 is 20.9. The highest BCUT2D eigenvalue weighted by atomic mass is 19.1. The van der Waals surface area contributed by atoms with Crippen molar-refractivity contribution in [3.8, 4) is 16.9 Å². The number of para-hydroxylation sites is 1. The molecule has 0 saturated heterocycles. The van der Waals surface area contributed by atoms with Crippen LogP contribution >= 0.6 is 0 Å². The van der Waals surface area contributed by atoms with Crippen molar-refractivity contribution in [3.63, 3.8) is 0 Å². The number of halogens is 1. The lowest BCUT2D eigenvalue weighted by Gasteiger charge is -2.13. The van der Waals surface area contributed by atoms with Crippen LogP contribution in [0, 0.1) is 0 Å². The van der Waals surface area contributed by atoms with Gasteiger partial charge in [-0.25, -0.2) is 4.39 Å². The van der Waals surface area contributed by atoms with Crippen LogP contribution in [0.25, 0.3) is 11.1 Å². The van der Waals surface area contributed by atoms with Crippen LogP contribution in [0.5, 0.6) is 5.75 Å². The Labute approximate surface area is 117 Å². The van der Waals surface area contributed by atoms with Crippen LogP contribution in [-0.2, 0) is 0 Å². The predicted octanol–water partition coefficient (Wildman–Crippen LogP) is 3.20. The normalized spacial score (nSPS) is 22.1. The van der Waals surface area contributed by atoms with E-state index < -0.39 is 6.17 Å². The number of rotatable bonds is 3. The zero-order valence-electron chi connectivity index (χ0n) is 11.4. The van der Waals surface area contributed by atoms with Gasteiger partial charge in [-0.1, -0.05) is 12.1 Å². The van der Waals surface area contributed by atoms with Crippen LogP contribution < -0.4 is 10.5 Å². The molecule has 1 aliphatic rings. The molecule has 0 unspecified atom stereocenters. The van der Waals surface area contributed by atoms with Crippen LogP contribution in [0.1, 0.15) is 25.3 Å². The Bertz CT molecular complexity index is 611. The number of methoxy groups -OCH3 is 1. The topological polar surface area (TPSA) is 53.1 Å². The first-order valence-corrected chi connectivity index (χ1v) is 6.82. The Morgan fingerprint density at radius 1 is 1.40 bits per heavy atom. The number of hydrogen-bond donors (Lipinski definition) is 1. The molecule has 0 amide bonds. The van der Waals surface area contributed by atoms with Gasteiger partial charge < -0.3 is 10.5 Å². The van der Waals surface area contributed by atoms with Crippen molar-refractivity contribution in [2.45, 2.75) is 31.5 Å². The second kappa shape index (κ2) is 5.15. The highest BCUT2D eigenvalue weighted by Crippen LogP contribution is 2.37. The number of ether oxygens (including phenoxy) is 1. The largest absolute Gasteiger partial charge is 0.494 e. The van der Waals surface area contributed by atoms with Crippen molar-refractivity contribution in [2.75, 3.05) is 12.8 Å². The number of alkyl halides is 1. The Morgan fingerprint density at radius 3 is 2.95 bits per heavy atom. The zero-order chi connectivity index (χ0) is 14.1. The maximum atomic E-state index is 13.8. The first kappa shape index (κ1) is 13.0. The molecule has 0 bridgehead atoms. The van der Waals surface area contributed by atoms with Gasteiger partial charge in [0, 0.05) is 17.3 Å². The van der Waals surface area contributed by atoms with E-state index in [1.807, 2.05) is 18.3 Å². The molecule has 1 saturated carbocycles. The molecule has 2 atom stereocenters. The average molecular weight is 275 g/mol. The van der Waals surface area contributed by atoms with Crippen LogP contribution in [0.15, 0.2) is 30.6 Å².